The Balaban J connectivity index is 3.09. The summed E-state index contributed by atoms with van der Waals surface area (Å²) < 4.78 is 16.4. The zero-order valence-electron chi connectivity index (χ0n) is 7.10. The fourth-order valence-electron chi connectivity index (χ4n) is 1.09. The van der Waals surface area contributed by atoms with Crippen molar-refractivity contribution in [2.75, 3.05) is 6.86 Å². The largest absolute Gasteiger partial charge is 0.504 e. The van der Waals surface area contributed by atoms with E-state index < -0.39 is 6.86 Å². The Hall–Kier alpha value is -1.25. The number of alkyl halides is 1. The van der Waals surface area contributed by atoms with Gasteiger partial charge in [0.2, 0.25) is 6.86 Å². The molecule has 0 bridgehead atoms. The predicted molar refractivity (Wildman–Crippen MR) is 44.2 cm³/mol. The number of aromatic hydroxyl groups is 1. The molecule has 66 valence electrons. The summed E-state index contributed by atoms with van der Waals surface area (Å²) in [5.41, 5.74) is 1.63. The van der Waals surface area contributed by atoms with Gasteiger partial charge in [0.05, 0.1) is 0 Å². The number of hydrogen-bond acceptors (Lipinski definition) is 2. The molecule has 1 rings (SSSR count). The Bertz CT molecular complexity index is 284. The molecule has 0 aliphatic carbocycles. The standard InChI is InChI=1S/C9H11FO2/c1-6-3-7(2)9(11)8(4-6)12-5-10/h3-4,11H,5H2,1-2H3. The minimum atomic E-state index is -0.920. The highest BCUT2D eigenvalue weighted by Crippen LogP contribution is 2.30. The van der Waals surface area contributed by atoms with Crippen molar-refractivity contribution >= 4 is 0 Å². The average molecular weight is 170 g/mol. The highest BCUT2D eigenvalue weighted by molar-refractivity contribution is 5.47. The number of benzene rings is 1. The Kier molecular flexibility index (Phi) is 2.53. The Morgan fingerprint density at radius 1 is 1.42 bits per heavy atom. The van der Waals surface area contributed by atoms with E-state index in [1.807, 2.05) is 6.92 Å². The van der Waals surface area contributed by atoms with Crippen LogP contribution in [-0.4, -0.2) is 12.0 Å². The first kappa shape index (κ1) is 8.84. The number of rotatable bonds is 2. The Morgan fingerprint density at radius 2 is 2.08 bits per heavy atom. The second-order valence-electron chi connectivity index (χ2n) is 2.68. The molecule has 1 aromatic carbocycles. The highest BCUT2D eigenvalue weighted by atomic mass is 19.1. The average Bonchev–Trinajstić information content (AvgIpc) is 2.00. The summed E-state index contributed by atoms with van der Waals surface area (Å²) in [6.45, 7) is 2.68. The van der Waals surface area contributed by atoms with Gasteiger partial charge >= 0.3 is 0 Å². The van der Waals surface area contributed by atoms with E-state index in [1.165, 1.54) is 0 Å². The lowest BCUT2D eigenvalue weighted by Crippen LogP contribution is -1.92. The molecule has 12 heavy (non-hydrogen) atoms. The summed E-state index contributed by atoms with van der Waals surface area (Å²) in [6, 6.07) is 3.41. The molecule has 0 spiro atoms. The molecule has 2 nitrogen and oxygen atoms in total. The van der Waals surface area contributed by atoms with E-state index in [-0.39, 0.29) is 11.5 Å². The number of aryl methyl sites for hydroxylation is 2. The van der Waals surface area contributed by atoms with Crippen LogP contribution < -0.4 is 4.74 Å². The van der Waals surface area contributed by atoms with Gasteiger partial charge in [-0.1, -0.05) is 6.07 Å². The first-order valence-electron chi connectivity index (χ1n) is 3.64. The zero-order valence-corrected chi connectivity index (χ0v) is 7.10. The monoisotopic (exact) mass is 170 g/mol. The molecule has 0 radical (unpaired) electrons. The van der Waals surface area contributed by atoms with Crippen LogP contribution in [0.1, 0.15) is 11.1 Å². The molecule has 0 amide bonds. The van der Waals surface area contributed by atoms with Crippen LogP contribution in [0.3, 0.4) is 0 Å². The maximum absolute atomic E-state index is 11.8. The van der Waals surface area contributed by atoms with Gasteiger partial charge in [-0.2, -0.15) is 0 Å². The smallest absolute Gasteiger partial charge is 0.228 e. The number of phenolic OH excluding ortho intramolecular Hbond substituents is 1. The van der Waals surface area contributed by atoms with E-state index in [1.54, 1.807) is 19.1 Å². The lowest BCUT2D eigenvalue weighted by molar-refractivity contribution is 0.185. The van der Waals surface area contributed by atoms with Crippen molar-refractivity contribution in [3.05, 3.63) is 23.3 Å². The third kappa shape index (κ3) is 1.67. The Labute approximate surface area is 70.6 Å². The number of ether oxygens (including phenoxy) is 1. The summed E-state index contributed by atoms with van der Waals surface area (Å²) in [6.07, 6.45) is 0. The minimum absolute atomic E-state index is 0.0123. The van der Waals surface area contributed by atoms with Gasteiger partial charge in [-0.3, -0.25) is 0 Å². The molecule has 0 atom stereocenters. The first-order chi connectivity index (χ1) is 5.65. The fraction of sp³-hybridized carbons (Fsp3) is 0.333. The summed E-state index contributed by atoms with van der Waals surface area (Å²) in [4.78, 5) is 0. The molecular formula is C9H11FO2. The van der Waals surface area contributed by atoms with E-state index >= 15 is 0 Å². The van der Waals surface area contributed by atoms with Crippen molar-refractivity contribution in [1.82, 2.24) is 0 Å². The molecule has 0 heterocycles. The van der Waals surface area contributed by atoms with Crippen LogP contribution in [0.2, 0.25) is 0 Å². The summed E-state index contributed by atoms with van der Waals surface area (Å²) in [5, 5.41) is 9.36. The fourth-order valence-corrected chi connectivity index (χ4v) is 1.09. The van der Waals surface area contributed by atoms with Crippen LogP contribution in [0.25, 0.3) is 0 Å². The summed E-state index contributed by atoms with van der Waals surface area (Å²) in [7, 11) is 0. The van der Waals surface area contributed by atoms with E-state index in [0.29, 0.717) is 5.56 Å². The van der Waals surface area contributed by atoms with Crippen molar-refractivity contribution in [2.24, 2.45) is 0 Å². The molecule has 1 N–H and O–H groups in total. The van der Waals surface area contributed by atoms with Gasteiger partial charge in [0.1, 0.15) is 0 Å². The van der Waals surface area contributed by atoms with Gasteiger partial charge in [-0.05, 0) is 31.0 Å². The van der Waals surface area contributed by atoms with Gasteiger partial charge in [0.15, 0.2) is 11.5 Å². The maximum Gasteiger partial charge on any atom is 0.228 e. The molecular weight excluding hydrogens is 159 g/mol. The third-order valence-corrected chi connectivity index (χ3v) is 1.62. The molecule has 0 saturated heterocycles. The molecule has 0 saturated carbocycles. The van der Waals surface area contributed by atoms with E-state index in [4.69, 9.17) is 0 Å². The molecule has 3 heteroatoms. The number of phenols is 1. The van der Waals surface area contributed by atoms with Crippen molar-refractivity contribution in [3.63, 3.8) is 0 Å². The number of hydrogen-bond donors (Lipinski definition) is 1. The van der Waals surface area contributed by atoms with Crippen LogP contribution >= 0.6 is 0 Å². The van der Waals surface area contributed by atoms with Gasteiger partial charge in [-0.15, -0.1) is 0 Å². The Morgan fingerprint density at radius 3 is 2.67 bits per heavy atom. The molecule has 0 aliphatic heterocycles. The molecule has 0 fully saturated rings. The lowest BCUT2D eigenvalue weighted by Gasteiger charge is -2.07. The van der Waals surface area contributed by atoms with Crippen LogP contribution in [0.15, 0.2) is 12.1 Å². The van der Waals surface area contributed by atoms with Crippen molar-refractivity contribution in [2.45, 2.75) is 13.8 Å². The second-order valence-corrected chi connectivity index (χ2v) is 2.68. The molecule has 1 aromatic rings. The quantitative estimate of drug-likeness (QED) is 0.738. The minimum Gasteiger partial charge on any atom is -0.504 e. The predicted octanol–water partition coefficient (Wildman–Crippen LogP) is 2.31. The topological polar surface area (TPSA) is 29.5 Å². The van der Waals surface area contributed by atoms with Gasteiger partial charge < -0.3 is 9.84 Å². The van der Waals surface area contributed by atoms with Crippen molar-refractivity contribution in [1.29, 1.82) is 0 Å². The van der Waals surface area contributed by atoms with Crippen LogP contribution in [-0.2, 0) is 0 Å². The van der Waals surface area contributed by atoms with E-state index in [9.17, 15) is 9.50 Å². The van der Waals surface area contributed by atoms with Crippen LogP contribution in [0.4, 0.5) is 4.39 Å². The van der Waals surface area contributed by atoms with Gasteiger partial charge in [0, 0.05) is 0 Å². The maximum atomic E-state index is 11.8. The lowest BCUT2D eigenvalue weighted by atomic mass is 10.1. The first-order valence-corrected chi connectivity index (χ1v) is 3.64. The summed E-state index contributed by atoms with van der Waals surface area (Å²) >= 11 is 0. The molecule has 0 unspecified atom stereocenters. The van der Waals surface area contributed by atoms with Crippen molar-refractivity contribution in [3.8, 4) is 11.5 Å². The number of halogens is 1. The SMILES string of the molecule is Cc1cc(C)c(O)c(OCF)c1. The zero-order chi connectivity index (χ0) is 9.14. The van der Waals surface area contributed by atoms with E-state index in [0.717, 1.165) is 5.56 Å². The normalized spacial score (nSPS) is 9.92. The van der Waals surface area contributed by atoms with Crippen LogP contribution in [0.5, 0.6) is 11.5 Å². The van der Waals surface area contributed by atoms with Gasteiger partial charge in [0.25, 0.3) is 0 Å². The van der Waals surface area contributed by atoms with Crippen molar-refractivity contribution < 1.29 is 14.2 Å². The summed E-state index contributed by atoms with van der Waals surface area (Å²) in [5.74, 6) is 0.216. The third-order valence-electron chi connectivity index (χ3n) is 1.62. The molecule has 0 aromatic heterocycles. The van der Waals surface area contributed by atoms with Gasteiger partial charge in [-0.25, -0.2) is 4.39 Å². The van der Waals surface area contributed by atoms with E-state index in [2.05, 4.69) is 4.74 Å². The second kappa shape index (κ2) is 3.43. The molecule has 0 aliphatic rings. The van der Waals surface area contributed by atoms with Crippen LogP contribution in [0, 0.1) is 13.8 Å². The highest BCUT2D eigenvalue weighted by Gasteiger charge is 2.05.